The molecule has 1 atom stereocenters. The van der Waals surface area contributed by atoms with Crippen LogP contribution >= 0.6 is 0 Å². The molecule has 2 aromatic carbocycles. The molecule has 0 spiro atoms. The van der Waals surface area contributed by atoms with Gasteiger partial charge in [-0.25, -0.2) is 4.79 Å². The molecule has 1 aliphatic heterocycles. The summed E-state index contributed by atoms with van der Waals surface area (Å²) in [5.74, 6) is 0.464. The highest BCUT2D eigenvalue weighted by Gasteiger charge is 2.34. The van der Waals surface area contributed by atoms with E-state index in [4.69, 9.17) is 4.42 Å². The summed E-state index contributed by atoms with van der Waals surface area (Å²) in [4.78, 5) is 27.9. The van der Waals surface area contributed by atoms with Crippen molar-refractivity contribution in [1.82, 2.24) is 0 Å². The van der Waals surface area contributed by atoms with Crippen LogP contribution in [0, 0.1) is 0 Å². The first kappa shape index (κ1) is 20.4. The highest BCUT2D eigenvalue weighted by atomic mass is 16.4. The van der Waals surface area contributed by atoms with Crippen molar-refractivity contribution in [2.45, 2.75) is 58.4 Å². The second kappa shape index (κ2) is 7.12. The normalized spacial score (nSPS) is 18.0. The zero-order valence-electron chi connectivity index (χ0n) is 18.6. The van der Waals surface area contributed by atoms with Crippen LogP contribution in [-0.2, 0) is 0 Å². The van der Waals surface area contributed by atoms with Crippen molar-refractivity contribution in [3.63, 3.8) is 0 Å². The molecule has 0 fully saturated rings. The van der Waals surface area contributed by atoms with Gasteiger partial charge in [-0.05, 0) is 55.4 Å². The van der Waals surface area contributed by atoms with Crippen LogP contribution in [0.3, 0.4) is 0 Å². The number of nitrogens with zero attached hydrogens (tertiary/aromatic N) is 1. The molecule has 4 heteroatoms. The summed E-state index contributed by atoms with van der Waals surface area (Å²) >= 11 is 0. The van der Waals surface area contributed by atoms with Gasteiger partial charge < -0.3 is 9.32 Å². The molecule has 1 aromatic heterocycles. The average molecular weight is 404 g/mol. The third-order valence-corrected chi connectivity index (χ3v) is 6.57. The molecule has 0 radical (unpaired) electrons. The van der Waals surface area contributed by atoms with Gasteiger partial charge in [0.25, 0.3) is 0 Å². The fourth-order valence-corrected chi connectivity index (χ4v) is 4.51. The number of hydrogen-bond acceptors (Lipinski definition) is 4. The van der Waals surface area contributed by atoms with Crippen LogP contribution in [0.1, 0.15) is 79.9 Å². The second-order valence-corrected chi connectivity index (χ2v) is 9.48. The summed E-state index contributed by atoms with van der Waals surface area (Å²) in [6.45, 7) is 10.9. The van der Waals surface area contributed by atoms with Gasteiger partial charge in [0.2, 0.25) is 0 Å². The maximum atomic E-state index is 13.0. The Morgan fingerprint density at radius 2 is 1.80 bits per heavy atom. The van der Waals surface area contributed by atoms with Crippen molar-refractivity contribution in [1.29, 1.82) is 0 Å². The lowest BCUT2D eigenvalue weighted by Gasteiger charge is -2.45. The minimum absolute atomic E-state index is 0.0262. The third kappa shape index (κ3) is 3.34. The van der Waals surface area contributed by atoms with E-state index in [1.54, 1.807) is 18.2 Å². The van der Waals surface area contributed by atoms with E-state index in [1.165, 1.54) is 5.56 Å². The minimum Gasteiger partial charge on any atom is -0.422 e. The van der Waals surface area contributed by atoms with E-state index < -0.39 is 5.63 Å². The second-order valence-electron chi connectivity index (χ2n) is 9.48. The molecular formula is C26H29NO3. The van der Waals surface area contributed by atoms with Crippen LogP contribution in [-0.4, -0.2) is 18.4 Å². The number of anilines is 1. The van der Waals surface area contributed by atoms with Crippen molar-refractivity contribution < 1.29 is 9.21 Å². The molecule has 4 rings (SSSR count). The van der Waals surface area contributed by atoms with Crippen LogP contribution in [0.5, 0.6) is 0 Å². The van der Waals surface area contributed by atoms with E-state index in [9.17, 15) is 9.59 Å². The summed E-state index contributed by atoms with van der Waals surface area (Å²) in [5.41, 5.74) is 3.99. The first-order valence-electron chi connectivity index (χ1n) is 10.6. The van der Waals surface area contributed by atoms with E-state index in [-0.39, 0.29) is 16.9 Å². The zero-order valence-corrected chi connectivity index (χ0v) is 18.6. The number of ketones is 1. The highest BCUT2D eigenvalue weighted by molar-refractivity contribution is 6.10. The molecule has 0 amide bonds. The lowest BCUT2D eigenvalue weighted by molar-refractivity contribution is 0.103. The largest absolute Gasteiger partial charge is 0.422 e. The number of carbonyl (C=O) groups is 1. The van der Waals surface area contributed by atoms with Gasteiger partial charge in [-0.1, -0.05) is 45.0 Å². The molecule has 0 saturated carbocycles. The average Bonchev–Trinajstić information content (AvgIpc) is 2.70. The van der Waals surface area contributed by atoms with Crippen molar-refractivity contribution in [2.75, 3.05) is 11.9 Å². The minimum atomic E-state index is -0.592. The van der Waals surface area contributed by atoms with Gasteiger partial charge in [0.1, 0.15) is 11.1 Å². The van der Waals surface area contributed by atoms with Gasteiger partial charge >= 0.3 is 5.63 Å². The molecule has 1 unspecified atom stereocenters. The Labute approximate surface area is 177 Å². The summed E-state index contributed by atoms with van der Waals surface area (Å²) < 4.78 is 5.61. The topological polar surface area (TPSA) is 50.5 Å². The summed E-state index contributed by atoms with van der Waals surface area (Å²) in [6, 6.07) is 13.2. The molecule has 0 bridgehead atoms. The van der Waals surface area contributed by atoms with Crippen LogP contribution in [0.2, 0.25) is 0 Å². The van der Waals surface area contributed by atoms with Crippen LogP contribution in [0.25, 0.3) is 11.0 Å². The van der Waals surface area contributed by atoms with Crippen LogP contribution < -0.4 is 10.5 Å². The van der Waals surface area contributed by atoms with E-state index in [0.717, 1.165) is 23.1 Å². The summed E-state index contributed by atoms with van der Waals surface area (Å²) in [6.07, 6.45) is 1.03. The molecule has 3 aromatic rings. The lowest BCUT2D eigenvalue weighted by atomic mass is 9.80. The van der Waals surface area contributed by atoms with Crippen LogP contribution in [0.15, 0.2) is 51.7 Å². The summed E-state index contributed by atoms with van der Waals surface area (Å²) in [5, 5.41) is 0.787. The first-order valence-corrected chi connectivity index (χ1v) is 10.6. The fourth-order valence-electron chi connectivity index (χ4n) is 4.51. The SMILES string of the molecule is CC(C)c1ccc(C(=O)c2cc3cc4c(cc3oc2=O)N(C)C(C)(C)CC4C)cc1. The molecule has 4 nitrogen and oxygen atoms in total. The Balaban J connectivity index is 1.80. The number of fused-ring (bicyclic) bond motifs is 2. The van der Waals surface area contributed by atoms with Gasteiger partial charge in [0.05, 0.1) is 0 Å². The van der Waals surface area contributed by atoms with E-state index in [1.807, 2.05) is 18.2 Å². The van der Waals surface area contributed by atoms with Crippen molar-refractivity contribution in [2.24, 2.45) is 0 Å². The fraction of sp³-hybridized carbons (Fsp3) is 0.385. The lowest BCUT2D eigenvalue weighted by Crippen LogP contribution is -2.45. The predicted molar refractivity (Wildman–Crippen MR) is 122 cm³/mol. The molecule has 0 aliphatic carbocycles. The predicted octanol–water partition coefficient (Wildman–Crippen LogP) is 5.87. The molecule has 156 valence electrons. The van der Waals surface area contributed by atoms with E-state index >= 15 is 0 Å². The first-order chi connectivity index (χ1) is 14.1. The van der Waals surface area contributed by atoms with E-state index in [2.05, 4.69) is 52.6 Å². The van der Waals surface area contributed by atoms with Crippen molar-refractivity contribution in [3.8, 4) is 0 Å². The smallest absolute Gasteiger partial charge is 0.347 e. The number of hydrogen-bond donors (Lipinski definition) is 0. The maximum Gasteiger partial charge on any atom is 0.347 e. The molecule has 0 N–H and O–H groups in total. The Kier molecular flexibility index (Phi) is 4.84. The zero-order chi connectivity index (χ0) is 21.8. The van der Waals surface area contributed by atoms with Gasteiger partial charge in [0.15, 0.2) is 5.78 Å². The molecule has 1 aliphatic rings. The van der Waals surface area contributed by atoms with Crippen molar-refractivity contribution >= 4 is 22.4 Å². The van der Waals surface area contributed by atoms with Gasteiger partial charge in [-0.2, -0.15) is 0 Å². The highest BCUT2D eigenvalue weighted by Crippen LogP contribution is 2.43. The Bertz CT molecular complexity index is 1190. The number of rotatable bonds is 3. The van der Waals surface area contributed by atoms with Gasteiger partial charge in [-0.3, -0.25) is 4.79 Å². The Morgan fingerprint density at radius 3 is 2.43 bits per heavy atom. The third-order valence-electron chi connectivity index (χ3n) is 6.57. The molecule has 2 heterocycles. The maximum absolute atomic E-state index is 13.0. The van der Waals surface area contributed by atoms with Crippen molar-refractivity contribution in [3.05, 3.63) is 75.1 Å². The van der Waals surface area contributed by atoms with E-state index in [0.29, 0.717) is 23.0 Å². The Hall–Kier alpha value is -2.88. The number of benzene rings is 2. The Morgan fingerprint density at radius 1 is 1.13 bits per heavy atom. The molecular weight excluding hydrogens is 374 g/mol. The molecule has 30 heavy (non-hydrogen) atoms. The van der Waals surface area contributed by atoms with Gasteiger partial charge in [0, 0.05) is 35.3 Å². The van der Waals surface area contributed by atoms with Crippen LogP contribution in [0.4, 0.5) is 5.69 Å². The number of carbonyl (C=O) groups excluding carboxylic acids is 1. The summed E-state index contributed by atoms with van der Waals surface area (Å²) in [7, 11) is 2.08. The monoisotopic (exact) mass is 403 g/mol. The standard InChI is InChI=1S/C26H29NO3/c1-15(2)17-7-9-18(10-8-17)24(28)21-12-19-11-20-16(3)14-26(4,5)27(6)22(20)13-23(19)30-25(21)29/h7-13,15-16H,14H2,1-6H3. The quantitative estimate of drug-likeness (QED) is 0.405. The van der Waals surface area contributed by atoms with Gasteiger partial charge in [-0.15, -0.1) is 0 Å². The molecule has 0 saturated heterocycles.